The normalized spacial score (nSPS) is 21.8. The average Bonchev–Trinajstić information content (AvgIpc) is 2.53. The van der Waals surface area contributed by atoms with Gasteiger partial charge in [-0.25, -0.2) is 4.39 Å². The van der Waals surface area contributed by atoms with E-state index in [9.17, 15) is 9.50 Å². The van der Waals surface area contributed by atoms with Gasteiger partial charge in [0.2, 0.25) is 0 Å². The second-order valence-corrected chi connectivity index (χ2v) is 6.98. The lowest BCUT2D eigenvalue weighted by atomic mass is 9.85. The van der Waals surface area contributed by atoms with Crippen molar-refractivity contribution in [2.45, 2.75) is 51.9 Å². The van der Waals surface area contributed by atoms with Crippen molar-refractivity contribution in [1.82, 2.24) is 0 Å². The van der Waals surface area contributed by atoms with Crippen LogP contribution in [0.4, 0.5) is 10.1 Å². The smallest absolute Gasteiger partial charge is 0.146 e. The van der Waals surface area contributed by atoms with Gasteiger partial charge in [-0.1, -0.05) is 19.1 Å². The average molecular weight is 329 g/mol. The zero-order chi connectivity index (χ0) is 17.5. The lowest BCUT2D eigenvalue weighted by molar-refractivity contribution is -0.0533. The summed E-state index contributed by atoms with van der Waals surface area (Å²) in [5.74, 6) is 0.409. The minimum absolute atomic E-state index is 0.320. The summed E-state index contributed by atoms with van der Waals surface area (Å²) in [5.41, 5.74) is 2.50. The summed E-state index contributed by atoms with van der Waals surface area (Å²) >= 11 is 0. The standard InChI is InChI=1S/C20H24FNO2/c1-5-13-7-9-17-14(11-13)18(19(23)20(3,4)24-17)22-16-8-6-12(2)10-15(16)21/h6-11,18-19,22-23H,5H2,1-4H3. The second kappa shape index (κ2) is 6.10. The van der Waals surface area contributed by atoms with Gasteiger partial charge in [0.1, 0.15) is 23.3 Å². The second-order valence-electron chi connectivity index (χ2n) is 6.98. The highest BCUT2D eigenvalue weighted by atomic mass is 19.1. The van der Waals surface area contributed by atoms with Crippen LogP contribution in [0.2, 0.25) is 0 Å². The van der Waals surface area contributed by atoms with Crippen molar-refractivity contribution in [1.29, 1.82) is 0 Å². The third-order valence-electron chi connectivity index (χ3n) is 4.65. The van der Waals surface area contributed by atoms with E-state index in [4.69, 9.17) is 4.74 Å². The Morgan fingerprint density at radius 2 is 1.96 bits per heavy atom. The molecule has 4 heteroatoms. The molecule has 1 aliphatic heterocycles. The molecule has 2 N–H and O–H groups in total. The highest BCUT2D eigenvalue weighted by Crippen LogP contribution is 2.42. The Bertz CT molecular complexity index is 757. The zero-order valence-electron chi connectivity index (χ0n) is 14.6. The fraction of sp³-hybridized carbons (Fsp3) is 0.400. The molecule has 0 spiro atoms. The summed E-state index contributed by atoms with van der Waals surface area (Å²) in [6, 6.07) is 10.6. The molecule has 0 saturated heterocycles. The summed E-state index contributed by atoms with van der Waals surface area (Å²) in [7, 11) is 0. The maximum atomic E-state index is 14.3. The highest BCUT2D eigenvalue weighted by Gasteiger charge is 2.43. The van der Waals surface area contributed by atoms with Crippen LogP contribution in [0, 0.1) is 12.7 Å². The van der Waals surface area contributed by atoms with Crippen molar-refractivity contribution >= 4 is 5.69 Å². The minimum Gasteiger partial charge on any atom is -0.485 e. The van der Waals surface area contributed by atoms with Gasteiger partial charge in [0.15, 0.2) is 0 Å². The predicted molar refractivity (Wildman–Crippen MR) is 94.0 cm³/mol. The summed E-state index contributed by atoms with van der Waals surface area (Å²) < 4.78 is 20.2. The molecule has 0 aliphatic carbocycles. The predicted octanol–water partition coefficient (Wildman–Crippen LogP) is 4.38. The van der Waals surface area contributed by atoms with Gasteiger partial charge in [0.25, 0.3) is 0 Å². The number of aliphatic hydroxyl groups excluding tert-OH is 1. The van der Waals surface area contributed by atoms with E-state index in [1.807, 2.05) is 45.0 Å². The number of hydrogen-bond acceptors (Lipinski definition) is 3. The maximum Gasteiger partial charge on any atom is 0.146 e. The van der Waals surface area contributed by atoms with Crippen molar-refractivity contribution in [3.63, 3.8) is 0 Å². The van der Waals surface area contributed by atoms with Crippen LogP contribution in [0.25, 0.3) is 0 Å². The molecule has 3 nitrogen and oxygen atoms in total. The number of fused-ring (bicyclic) bond motifs is 1. The molecule has 3 rings (SSSR count). The first-order valence-corrected chi connectivity index (χ1v) is 8.34. The number of rotatable bonds is 3. The molecule has 128 valence electrons. The van der Waals surface area contributed by atoms with E-state index < -0.39 is 17.7 Å². The number of ether oxygens (including phenoxy) is 1. The van der Waals surface area contributed by atoms with Crippen molar-refractivity contribution < 1.29 is 14.2 Å². The van der Waals surface area contributed by atoms with Crippen LogP contribution in [0.15, 0.2) is 36.4 Å². The van der Waals surface area contributed by atoms with Gasteiger partial charge in [-0.05, 0) is 62.6 Å². The Morgan fingerprint density at radius 3 is 2.62 bits per heavy atom. The van der Waals surface area contributed by atoms with Crippen LogP contribution in [-0.2, 0) is 6.42 Å². The van der Waals surface area contributed by atoms with Crippen LogP contribution >= 0.6 is 0 Å². The Balaban J connectivity index is 2.04. The first kappa shape index (κ1) is 16.8. The zero-order valence-corrected chi connectivity index (χ0v) is 14.6. The lowest BCUT2D eigenvalue weighted by Gasteiger charge is -2.42. The summed E-state index contributed by atoms with van der Waals surface area (Å²) in [6.45, 7) is 7.61. The van der Waals surface area contributed by atoms with E-state index in [1.165, 1.54) is 6.07 Å². The van der Waals surface area contributed by atoms with Crippen LogP contribution in [0.1, 0.15) is 43.5 Å². The van der Waals surface area contributed by atoms with E-state index >= 15 is 0 Å². The van der Waals surface area contributed by atoms with Gasteiger partial charge in [0.05, 0.1) is 11.7 Å². The van der Waals surface area contributed by atoms with Crippen LogP contribution < -0.4 is 10.1 Å². The van der Waals surface area contributed by atoms with Crippen molar-refractivity contribution in [2.24, 2.45) is 0 Å². The fourth-order valence-corrected chi connectivity index (χ4v) is 3.13. The van der Waals surface area contributed by atoms with Gasteiger partial charge in [0, 0.05) is 5.56 Å². The highest BCUT2D eigenvalue weighted by molar-refractivity contribution is 5.52. The number of aryl methyl sites for hydroxylation is 2. The molecule has 24 heavy (non-hydrogen) atoms. The molecule has 2 aromatic carbocycles. The molecule has 0 radical (unpaired) electrons. The quantitative estimate of drug-likeness (QED) is 0.878. The van der Waals surface area contributed by atoms with Gasteiger partial charge in [-0.2, -0.15) is 0 Å². The molecule has 2 atom stereocenters. The molecular weight excluding hydrogens is 305 g/mol. The Kier molecular flexibility index (Phi) is 4.26. The van der Waals surface area contributed by atoms with E-state index in [2.05, 4.69) is 12.2 Å². The molecule has 1 heterocycles. The first-order chi connectivity index (χ1) is 11.3. The Labute approximate surface area is 142 Å². The molecule has 2 aromatic rings. The van der Waals surface area contributed by atoms with Crippen LogP contribution in [-0.4, -0.2) is 16.8 Å². The van der Waals surface area contributed by atoms with Gasteiger partial charge in [-0.3, -0.25) is 0 Å². The fourth-order valence-electron chi connectivity index (χ4n) is 3.13. The monoisotopic (exact) mass is 329 g/mol. The Morgan fingerprint density at radius 1 is 1.21 bits per heavy atom. The third kappa shape index (κ3) is 2.98. The summed E-state index contributed by atoms with van der Waals surface area (Å²) in [4.78, 5) is 0. The molecule has 0 aromatic heterocycles. The van der Waals surface area contributed by atoms with E-state index in [-0.39, 0.29) is 5.82 Å². The van der Waals surface area contributed by atoms with Crippen molar-refractivity contribution in [3.05, 3.63) is 58.9 Å². The SMILES string of the molecule is CCc1ccc2c(c1)C(Nc1ccc(C)cc1F)C(O)C(C)(C)O2. The molecule has 1 aliphatic rings. The molecule has 0 bridgehead atoms. The lowest BCUT2D eigenvalue weighted by Crippen LogP contribution is -2.50. The number of benzene rings is 2. The summed E-state index contributed by atoms with van der Waals surface area (Å²) in [6.07, 6.45) is 0.0797. The minimum atomic E-state index is -0.808. The largest absolute Gasteiger partial charge is 0.485 e. The first-order valence-electron chi connectivity index (χ1n) is 8.34. The van der Waals surface area contributed by atoms with E-state index in [0.29, 0.717) is 5.69 Å². The van der Waals surface area contributed by atoms with Crippen molar-refractivity contribution in [2.75, 3.05) is 5.32 Å². The number of anilines is 1. The summed E-state index contributed by atoms with van der Waals surface area (Å²) in [5, 5.41) is 14.0. The van der Waals surface area contributed by atoms with Crippen LogP contribution in [0.5, 0.6) is 5.75 Å². The van der Waals surface area contributed by atoms with Crippen LogP contribution in [0.3, 0.4) is 0 Å². The molecule has 2 unspecified atom stereocenters. The number of hydrogen-bond donors (Lipinski definition) is 2. The van der Waals surface area contributed by atoms with Gasteiger partial charge in [-0.15, -0.1) is 0 Å². The van der Waals surface area contributed by atoms with E-state index in [1.54, 1.807) is 6.07 Å². The number of halogens is 1. The molecular formula is C20H24FNO2. The maximum absolute atomic E-state index is 14.3. The number of nitrogens with one attached hydrogen (secondary N) is 1. The molecule has 0 fully saturated rings. The number of aliphatic hydroxyl groups is 1. The Hall–Kier alpha value is -2.07. The van der Waals surface area contributed by atoms with Gasteiger partial charge < -0.3 is 15.2 Å². The topological polar surface area (TPSA) is 41.5 Å². The van der Waals surface area contributed by atoms with Crippen molar-refractivity contribution in [3.8, 4) is 5.75 Å². The van der Waals surface area contributed by atoms with E-state index in [0.717, 1.165) is 28.9 Å². The third-order valence-corrected chi connectivity index (χ3v) is 4.65. The molecule has 0 amide bonds. The van der Waals surface area contributed by atoms with Gasteiger partial charge >= 0.3 is 0 Å². The molecule has 0 saturated carbocycles.